The Morgan fingerprint density at radius 2 is 1.95 bits per heavy atom. The maximum Gasteiger partial charge on any atom is 0.123 e. The molecular formula is C16H25FN2. The van der Waals surface area contributed by atoms with Crippen molar-refractivity contribution in [1.82, 2.24) is 0 Å². The molecule has 19 heavy (non-hydrogen) atoms. The number of nitrogens with two attached hydrogens (primary N) is 1. The van der Waals surface area contributed by atoms with Crippen LogP contribution >= 0.6 is 0 Å². The molecule has 0 aliphatic heterocycles. The van der Waals surface area contributed by atoms with Crippen molar-refractivity contribution in [3.05, 3.63) is 30.1 Å². The van der Waals surface area contributed by atoms with Crippen LogP contribution in [0.4, 0.5) is 10.1 Å². The zero-order valence-corrected chi connectivity index (χ0v) is 12.0. The van der Waals surface area contributed by atoms with Crippen LogP contribution in [0.3, 0.4) is 0 Å². The summed E-state index contributed by atoms with van der Waals surface area (Å²) in [5, 5.41) is 0. The number of likely N-dealkylation sites (N-methyl/N-ethyl adjacent to an activating group) is 1. The molecule has 2 N–H and O–H groups in total. The number of hydrogen-bond acceptors (Lipinski definition) is 2. The normalized spacial score (nSPS) is 18.7. The molecule has 1 saturated carbocycles. The highest BCUT2D eigenvalue weighted by Gasteiger charge is 2.34. The Labute approximate surface area is 115 Å². The highest BCUT2D eigenvalue weighted by Crippen LogP contribution is 2.37. The van der Waals surface area contributed by atoms with Gasteiger partial charge in [-0.25, -0.2) is 4.39 Å². The maximum absolute atomic E-state index is 13.1. The van der Waals surface area contributed by atoms with Crippen molar-refractivity contribution in [2.24, 2.45) is 11.7 Å². The van der Waals surface area contributed by atoms with Crippen LogP contribution < -0.4 is 10.6 Å². The highest BCUT2D eigenvalue weighted by atomic mass is 19.1. The first-order valence-corrected chi connectivity index (χ1v) is 7.32. The number of benzene rings is 1. The first-order chi connectivity index (χ1) is 9.09. The van der Waals surface area contributed by atoms with Crippen molar-refractivity contribution in [1.29, 1.82) is 0 Å². The summed E-state index contributed by atoms with van der Waals surface area (Å²) in [7, 11) is 0. The minimum absolute atomic E-state index is 0.0301. The van der Waals surface area contributed by atoms with Gasteiger partial charge in [-0.1, -0.05) is 19.3 Å². The fraction of sp³-hybridized carbons (Fsp3) is 0.625. The van der Waals surface area contributed by atoms with Gasteiger partial charge in [0.05, 0.1) is 0 Å². The molecule has 1 aliphatic rings. The number of nitrogens with zero attached hydrogens (tertiary/aromatic N) is 1. The first kappa shape index (κ1) is 14.3. The quantitative estimate of drug-likeness (QED) is 0.851. The van der Waals surface area contributed by atoms with E-state index in [0.29, 0.717) is 6.54 Å². The summed E-state index contributed by atoms with van der Waals surface area (Å²) in [6.07, 6.45) is 5.15. The molecule has 0 spiro atoms. The highest BCUT2D eigenvalue weighted by molar-refractivity contribution is 5.49. The van der Waals surface area contributed by atoms with E-state index in [0.717, 1.165) is 24.6 Å². The summed E-state index contributed by atoms with van der Waals surface area (Å²) in [5.41, 5.74) is 7.10. The molecule has 1 aromatic rings. The lowest BCUT2D eigenvalue weighted by Crippen LogP contribution is -2.53. The fourth-order valence-electron chi connectivity index (χ4n) is 3.12. The topological polar surface area (TPSA) is 29.3 Å². The molecule has 0 radical (unpaired) electrons. The summed E-state index contributed by atoms with van der Waals surface area (Å²) >= 11 is 0. The standard InChI is InChI=1S/C16H25FN2/c1-3-19(15-9-7-14(17)8-10-15)16(2,12-18)11-13-5-4-6-13/h7-10,13H,3-6,11-12,18H2,1-2H3. The molecule has 1 aliphatic carbocycles. The van der Waals surface area contributed by atoms with Gasteiger partial charge < -0.3 is 10.6 Å². The van der Waals surface area contributed by atoms with Gasteiger partial charge in [-0.2, -0.15) is 0 Å². The van der Waals surface area contributed by atoms with E-state index in [1.165, 1.54) is 31.4 Å². The third-order valence-corrected chi connectivity index (χ3v) is 4.50. The molecule has 0 amide bonds. The second-order valence-corrected chi connectivity index (χ2v) is 5.92. The van der Waals surface area contributed by atoms with Gasteiger partial charge in [0.25, 0.3) is 0 Å². The van der Waals surface area contributed by atoms with E-state index in [2.05, 4.69) is 18.7 Å². The van der Waals surface area contributed by atoms with Gasteiger partial charge in [0.2, 0.25) is 0 Å². The molecule has 1 atom stereocenters. The van der Waals surface area contributed by atoms with Crippen molar-refractivity contribution in [2.75, 3.05) is 18.0 Å². The monoisotopic (exact) mass is 264 g/mol. The number of halogens is 1. The van der Waals surface area contributed by atoms with E-state index in [4.69, 9.17) is 5.73 Å². The van der Waals surface area contributed by atoms with Crippen molar-refractivity contribution in [2.45, 2.75) is 45.1 Å². The average Bonchev–Trinajstić information content (AvgIpc) is 2.37. The maximum atomic E-state index is 13.1. The van der Waals surface area contributed by atoms with Gasteiger partial charge in [-0.3, -0.25) is 0 Å². The van der Waals surface area contributed by atoms with Crippen molar-refractivity contribution in [3.63, 3.8) is 0 Å². The smallest absolute Gasteiger partial charge is 0.123 e. The molecule has 0 bridgehead atoms. The summed E-state index contributed by atoms with van der Waals surface area (Å²) in [6, 6.07) is 6.76. The van der Waals surface area contributed by atoms with Crippen LogP contribution in [0.25, 0.3) is 0 Å². The van der Waals surface area contributed by atoms with Crippen LogP contribution in [0, 0.1) is 11.7 Å². The van der Waals surface area contributed by atoms with E-state index in [-0.39, 0.29) is 11.4 Å². The fourth-order valence-corrected chi connectivity index (χ4v) is 3.12. The van der Waals surface area contributed by atoms with Crippen molar-refractivity contribution in [3.8, 4) is 0 Å². The molecule has 0 heterocycles. The molecule has 0 saturated heterocycles. The van der Waals surface area contributed by atoms with Gasteiger partial charge in [-0.15, -0.1) is 0 Å². The Bertz CT molecular complexity index is 400. The average molecular weight is 264 g/mol. The predicted molar refractivity (Wildman–Crippen MR) is 78.8 cm³/mol. The van der Waals surface area contributed by atoms with Gasteiger partial charge in [-0.05, 0) is 50.5 Å². The van der Waals surface area contributed by atoms with Crippen LogP contribution in [0.2, 0.25) is 0 Å². The van der Waals surface area contributed by atoms with E-state index in [9.17, 15) is 4.39 Å². The molecule has 1 fully saturated rings. The Kier molecular flexibility index (Phi) is 4.46. The number of anilines is 1. The second-order valence-electron chi connectivity index (χ2n) is 5.92. The summed E-state index contributed by atoms with van der Waals surface area (Å²) < 4.78 is 13.1. The van der Waals surface area contributed by atoms with Crippen LogP contribution in [-0.4, -0.2) is 18.6 Å². The Morgan fingerprint density at radius 3 is 2.37 bits per heavy atom. The molecular weight excluding hydrogens is 239 g/mol. The van der Waals surface area contributed by atoms with Crippen LogP contribution in [0.15, 0.2) is 24.3 Å². The van der Waals surface area contributed by atoms with Crippen molar-refractivity contribution >= 4 is 5.69 Å². The third-order valence-electron chi connectivity index (χ3n) is 4.50. The zero-order valence-electron chi connectivity index (χ0n) is 12.0. The van der Waals surface area contributed by atoms with E-state index in [1.807, 2.05) is 12.1 Å². The third kappa shape index (κ3) is 3.08. The van der Waals surface area contributed by atoms with Crippen molar-refractivity contribution < 1.29 is 4.39 Å². The summed E-state index contributed by atoms with van der Waals surface area (Å²) in [4.78, 5) is 2.32. The Balaban J connectivity index is 2.18. The Morgan fingerprint density at radius 1 is 1.32 bits per heavy atom. The second kappa shape index (κ2) is 5.91. The van der Waals surface area contributed by atoms with E-state index in [1.54, 1.807) is 0 Å². The molecule has 1 aromatic carbocycles. The predicted octanol–water partition coefficient (Wildman–Crippen LogP) is 3.56. The largest absolute Gasteiger partial charge is 0.365 e. The molecule has 2 rings (SSSR count). The molecule has 3 heteroatoms. The molecule has 1 unspecified atom stereocenters. The van der Waals surface area contributed by atoms with E-state index >= 15 is 0 Å². The summed E-state index contributed by atoms with van der Waals surface area (Å²) in [5.74, 6) is 0.622. The van der Waals surface area contributed by atoms with Crippen LogP contribution in [0.5, 0.6) is 0 Å². The first-order valence-electron chi connectivity index (χ1n) is 7.32. The van der Waals surface area contributed by atoms with Gasteiger partial charge >= 0.3 is 0 Å². The lowest BCUT2D eigenvalue weighted by molar-refractivity contribution is 0.229. The SMILES string of the molecule is CCN(c1ccc(F)cc1)C(C)(CN)CC1CCC1. The lowest BCUT2D eigenvalue weighted by atomic mass is 9.75. The van der Waals surface area contributed by atoms with Gasteiger partial charge in [0.1, 0.15) is 5.82 Å². The lowest BCUT2D eigenvalue weighted by Gasteiger charge is -2.45. The molecule has 106 valence electrons. The Hall–Kier alpha value is -1.09. The molecule has 2 nitrogen and oxygen atoms in total. The zero-order chi connectivity index (χ0) is 13.9. The number of hydrogen-bond donors (Lipinski definition) is 1. The molecule has 0 aromatic heterocycles. The minimum Gasteiger partial charge on any atom is -0.365 e. The van der Waals surface area contributed by atoms with E-state index < -0.39 is 0 Å². The minimum atomic E-state index is -0.187. The number of rotatable bonds is 6. The van der Waals surface area contributed by atoms with Gasteiger partial charge in [0, 0.05) is 24.3 Å². The van der Waals surface area contributed by atoms with Gasteiger partial charge in [0.15, 0.2) is 0 Å². The van der Waals surface area contributed by atoms with Crippen LogP contribution in [-0.2, 0) is 0 Å². The summed E-state index contributed by atoms with van der Waals surface area (Å²) in [6.45, 7) is 5.90. The van der Waals surface area contributed by atoms with Crippen LogP contribution in [0.1, 0.15) is 39.5 Å².